The quantitative estimate of drug-likeness (QED) is 0.782. The van der Waals surface area contributed by atoms with Crippen molar-refractivity contribution in [1.82, 2.24) is 0 Å². The molecular weight excluding hydrogens is 207 g/mol. The summed E-state index contributed by atoms with van der Waals surface area (Å²) in [6.45, 7) is 3.83. The highest BCUT2D eigenvalue weighted by Gasteiger charge is 2.31. The van der Waals surface area contributed by atoms with Crippen LogP contribution < -0.4 is 10.1 Å². The van der Waals surface area contributed by atoms with E-state index in [4.69, 9.17) is 0 Å². The molecule has 1 aromatic carbocycles. The van der Waals surface area contributed by atoms with Crippen LogP contribution in [0.4, 0.5) is 18.9 Å². The highest BCUT2D eigenvalue weighted by Crippen LogP contribution is 2.29. The van der Waals surface area contributed by atoms with Gasteiger partial charge >= 0.3 is 6.36 Å². The summed E-state index contributed by atoms with van der Waals surface area (Å²) in [5.41, 5.74) is 0.287. The second-order valence-electron chi connectivity index (χ2n) is 2.71. The molecule has 82 valence electrons. The Balaban J connectivity index is 2.81. The van der Waals surface area contributed by atoms with Gasteiger partial charge in [0.1, 0.15) is 0 Å². The van der Waals surface area contributed by atoms with E-state index in [2.05, 4.69) is 16.6 Å². The topological polar surface area (TPSA) is 21.3 Å². The maximum absolute atomic E-state index is 12.0. The first-order valence-corrected chi connectivity index (χ1v) is 4.22. The van der Waals surface area contributed by atoms with Gasteiger partial charge in [0.2, 0.25) is 0 Å². The lowest BCUT2D eigenvalue weighted by Gasteiger charge is -2.13. The number of alkyl halides is 3. The lowest BCUT2D eigenvalue weighted by Crippen LogP contribution is -2.18. The fraction of sp³-hybridized carbons (Fsp3) is 0.200. The number of hydrogen-bond donors (Lipinski definition) is 1. The number of anilines is 1. The van der Waals surface area contributed by atoms with Crippen LogP contribution in [0.1, 0.15) is 0 Å². The van der Waals surface area contributed by atoms with Crippen LogP contribution in [0.25, 0.3) is 0 Å². The maximum Gasteiger partial charge on any atom is 0.573 e. The molecule has 0 amide bonds. The molecule has 15 heavy (non-hydrogen) atoms. The molecule has 0 unspecified atom stereocenters. The Kier molecular flexibility index (Phi) is 3.60. The zero-order valence-corrected chi connectivity index (χ0v) is 7.84. The van der Waals surface area contributed by atoms with E-state index in [9.17, 15) is 13.2 Å². The molecule has 0 saturated carbocycles. The van der Waals surface area contributed by atoms with Crippen LogP contribution in [-0.4, -0.2) is 12.9 Å². The number of benzene rings is 1. The number of hydrogen-bond acceptors (Lipinski definition) is 2. The third kappa shape index (κ3) is 3.93. The molecule has 1 rings (SSSR count). The number of ether oxygens (including phenoxy) is 1. The van der Waals surface area contributed by atoms with Crippen molar-refractivity contribution < 1.29 is 17.9 Å². The molecule has 0 aromatic heterocycles. The molecule has 5 heteroatoms. The Morgan fingerprint density at radius 2 is 2.00 bits per heavy atom. The molecule has 2 nitrogen and oxygen atoms in total. The predicted molar refractivity (Wildman–Crippen MR) is 51.8 cm³/mol. The monoisotopic (exact) mass is 217 g/mol. The Bertz CT molecular complexity index is 336. The van der Waals surface area contributed by atoms with Gasteiger partial charge in [0.05, 0.1) is 5.69 Å². The summed E-state index contributed by atoms with van der Waals surface area (Å²) < 4.78 is 39.8. The van der Waals surface area contributed by atoms with Gasteiger partial charge in [-0.15, -0.1) is 19.8 Å². The van der Waals surface area contributed by atoms with E-state index in [0.29, 0.717) is 6.54 Å². The highest BCUT2D eigenvalue weighted by molar-refractivity contribution is 5.56. The first-order chi connectivity index (χ1) is 7.03. The van der Waals surface area contributed by atoms with Crippen molar-refractivity contribution in [2.75, 3.05) is 11.9 Å². The van der Waals surface area contributed by atoms with E-state index in [1.54, 1.807) is 12.1 Å². The van der Waals surface area contributed by atoms with Crippen LogP contribution in [0.5, 0.6) is 5.75 Å². The maximum atomic E-state index is 12.0. The SMILES string of the molecule is C=CCNc1ccccc1OC(F)(F)F. The standard InChI is InChI=1S/C10H10F3NO/c1-2-7-14-8-5-3-4-6-9(8)15-10(11,12)13/h2-6,14H,1,7H2. The smallest absolute Gasteiger partial charge is 0.404 e. The van der Waals surface area contributed by atoms with Gasteiger partial charge in [-0.25, -0.2) is 0 Å². The molecule has 0 saturated heterocycles. The number of para-hydroxylation sites is 2. The van der Waals surface area contributed by atoms with Crippen molar-refractivity contribution in [3.63, 3.8) is 0 Å². The van der Waals surface area contributed by atoms with Gasteiger partial charge in [-0.3, -0.25) is 0 Å². The second kappa shape index (κ2) is 4.72. The summed E-state index contributed by atoms with van der Waals surface area (Å²) >= 11 is 0. The average Bonchev–Trinajstić information content (AvgIpc) is 2.14. The van der Waals surface area contributed by atoms with Crippen molar-refractivity contribution in [3.05, 3.63) is 36.9 Å². The van der Waals surface area contributed by atoms with Crippen molar-refractivity contribution in [1.29, 1.82) is 0 Å². The van der Waals surface area contributed by atoms with E-state index in [1.807, 2.05) is 0 Å². The summed E-state index contributed by atoms with van der Waals surface area (Å²) in [5, 5.41) is 2.74. The molecule has 0 aliphatic heterocycles. The molecule has 0 aliphatic carbocycles. The van der Waals surface area contributed by atoms with Crippen LogP contribution in [0, 0.1) is 0 Å². The zero-order chi connectivity index (χ0) is 11.3. The minimum atomic E-state index is -4.67. The molecule has 0 radical (unpaired) electrons. The number of halogens is 3. The van der Waals surface area contributed by atoms with Gasteiger partial charge in [-0.1, -0.05) is 18.2 Å². The van der Waals surface area contributed by atoms with Crippen molar-refractivity contribution in [2.45, 2.75) is 6.36 Å². The molecule has 0 aliphatic rings. The molecule has 0 heterocycles. The van der Waals surface area contributed by atoms with Crippen molar-refractivity contribution in [2.24, 2.45) is 0 Å². The average molecular weight is 217 g/mol. The molecule has 0 fully saturated rings. The van der Waals surface area contributed by atoms with Gasteiger partial charge in [0, 0.05) is 6.54 Å². The summed E-state index contributed by atoms with van der Waals surface area (Å²) in [6.07, 6.45) is -3.13. The normalized spacial score (nSPS) is 10.9. The Hall–Kier alpha value is -1.65. The third-order valence-electron chi connectivity index (χ3n) is 1.55. The lowest BCUT2D eigenvalue weighted by molar-refractivity contribution is -0.274. The Morgan fingerprint density at radius 1 is 1.33 bits per heavy atom. The van der Waals surface area contributed by atoms with E-state index in [0.717, 1.165) is 0 Å². The van der Waals surface area contributed by atoms with Crippen LogP contribution in [-0.2, 0) is 0 Å². The van der Waals surface area contributed by atoms with Gasteiger partial charge in [-0.2, -0.15) is 0 Å². The predicted octanol–water partition coefficient (Wildman–Crippen LogP) is 3.18. The summed E-state index contributed by atoms with van der Waals surface area (Å²) in [7, 11) is 0. The van der Waals surface area contributed by atoms with E-state index in [-0.39, 0.29) is 11.4 Å². The first-order valence-electron chi connectivity index (χ1n) is 4.22. The van der Waals surface area contributed by atoms with Crippen LogP contribution in [0.2, 0.25) is 0 Å². The summed E-state index contributed by atoms with van der Waals surface area (Å²) in [5.74, 6) is -0.244. The molecule has 0 bridgehead atoms. The summed E-state index contributed by atoms with van der Waals surface area (Å²) in [6, 6.07) is 5.85. The van der Waals surface area contributed by atoms with Crippen LogP contribution >= 0.6 is 0 Å². The molecule has 0 spiro atoms. The third-order valence-corrected chi connectivity index (χ3v) is 1.55. The zero-order valence-electron chi connectivity index (χ0n) is 7.84. The molecule has 0 atom stereocenters. The summed E-state index contributed by atoms with van der Waals surface area (Å²) in [4.78, 5) is 0. The molecule has 1 N–H and O–H groups in total. The van der Waals surface area contributed by atoms with E-state index < -0.39 is 6.36 Å². The minimum Gasteiger partial charge on any atom is -0.404 e. The fourth-order valence-electron chi connectivity index (χ4n) is 1.01. The van der Waals surface area contributed by atoms with E-state index >= 15 is 0 Å². The van der Waals surface area contributed by atoms with Crippen molar-refractivity contribution in [3.8, 4) is 5.75 Å². The fourth-order valence-corrected chi connectivity index (χ4v) is 1.01. The van der Waals surface area contributed by atoms with Gasteiger partial charge < -0.3 is 10.1 Å². The number of nitrogens with one attached hydrogen (secondary N) is 1. The Labute approximate surface area is 85.4 Å². The van der Waals surface area contributed by atoms with Gasteiger partial charge in [0.15, 0.2) is 5.75 Å². The first kappa shape index (κ1) is 11.4. The van der Waals surface area contributed by atoms with Gasteiger partial charge in [0.25, 0.3) is 0 Å². The van der Waals surface area contributed by atoms with Crippen LogP contribution in [0.3, 0.4) is 0 Å². The molecular formula is C10H10F3NO. The van der Waals surface area contributed by atoms with Gasteiger partial charge in [-0.05, 0) is 12.1 Å². The molecule has 1 aromatic rings. The number of rotatable bonds is 4. The highest BCUT2D eigenvalue weighted by atomic mass is 19.4. The Morgan fingerprint density at radius 3 is 2.60 bits per heavy atom. The van der Waals surface area contributed by atoms with Crippen molar-refractivity contribution >= 4 is 5.69 Å². The second-order valence-corrected chi connectivity index (χ2v) is 2.71. The largest absolute Gasteiger partial charge is 0.573 e. The lowest BCUT2D eigenvalue weighted by atomic mass is 10.3. The van der Waals surface area contributed by atoms with E-state index in [1.165, 1.54) is 18.2 Å². The van der Waals surface area contributed by atoms with Crippen LogP contribution in [0.15, 0.2) is 36.9 Å². The minimum absolute atomic E-state index is 0.244.